The number of carbonyl (C=O) groups is 6. The number of alkyl halides is 3. The molecule has 4 amide bonds. The minimum absolute atomic E-state index is 0.191. The maximum atomic E-state index is 13.3. The van der Waals surface area contributed by atoms with Crippen LogP contribution in [0.2, 0.25) is 0 Å². The number of likely N-dealkylation sites (N-methyl/N-ethyl adjacent to an activating group) is 1. The standard InChI is InChI=1S/C27H35N5O8S.C2HF3O2/c1-27(2,3)40-25(37)29-18(16-8-6-5-7-9-16)21(33)28-19-22(34)32-20(24(35)36)17(15-41-23(19)32)14-39-26(38)31-12-10-30(4)11-13-31;3-2(4,5)1(6)7/h5-9,18-19,23H,10-15H2,1-4H3,(H,28,33)(H,29,37)(H,35,36);(H,6,7)/t18-,19?,23-;/m0./s1. The molecule has 15 nitrogen and oxygen atoms in total. The van der Waals surface area contributed by atoms with E-state index in [-0.39, 0.29) is 18.1 Å². The van der Waals surface area contributed by atoms with Crippen LogP contribution in [0, 0.1) is 0 Å². The van der Waals surface area contributed by atoms with Crippen molar-refractivity contribution < 1.29 is 61.6 Å². The summed E-state index contributed by atoms with van der Waals surface area (Å²) in [5.41, 5.74) is -0.262. The molecule has 1 aromatic rings. The first kappa shape index (κ1) is 37.9. The van der Waals surface area contributed by atoms with Gasteiger partial charge in [0.1, 0.15) is 35.4 Å². The van der Waals surface area contributed by atoms with E-state index in [0.717, 1.165) is 4.90 Å². The topological polar surface area (TPSA) is 195 Å². The Labute approximate surface area is 277 Å². The van der Waals surface area contributed by atoms with Crippen LogP contribution in [0.15, 0.2) is 41.6 Å². The van der Waals surface area contributed by atoms with E-state index in [9.17, 15) is 42.3 Å². The zero-order valence-electron chi connectivity index (χ0n) is 26.4. The van der Waals surface area contributed by atoms with Crippen molar-refractivity contribution in [1.82, 2.24) is 25.3 Å². The number of nitrogens with zero attached hydrogens (tertiary/aromatic N) is 3. The molecule has 4 rings (SSSR count). The Morgan fingerprint density at radius 2 is 1.60 bits per heavy atom. The number of nitrogens with one attached hydrogen (secondary N) is 2. The van der Waals surface area contributed by atoms with Crippen molar-refractivity contribution in [3.8, 4) is 0 Å². The molecule has 4 N–H and O–H groups in total. The minimum Gasteiger partial charge on any atom is -0.477 e. The first-order valence-electron chi connectivity index (χ1n) is 14.4. The predicted octanol–water partition coefficient (Wildman–Crippen LogP) is 2.01. The Morgan fingerprint density at radius 3 is 2.12 bits per heavy atom. The van der Waals surface area contributed by atoms with E-state index < -0.39 is 65.2 Å². The van der Waals surface area contributed by atoms with Crippen LogP contribution in [0.1, 0.15) is 32.4 Å². The van der Waals surface area contributed by atoms with Gasteiger partial charge in [-0.3, -0.25) is 14.5 Å². The number of rotatable bonds is 7. The monoisotopic (exact) mass is 703 g/mol. The molecule has 0 saturated carbocycles. The maximum absolute atomic E-state index is 13.3. The zero-order valence-corrected chi connectivity index (χ0v) is 27.2. The summed E-state index contributed by atoms with van der Waals surface area (Å²) in [5.74, 6) is -5.15. The van der Waals surface area contributed by atoms with E-state index in [1.807, 2.05) is 7.05 Å². The molecule has 3 aliphatic heterocycles. The number of carboxylic acid groups (broad SMARTS) is 2. The highest BCUT2D eigenvalue weighted by Crippen LogP contribution is 2.40. The van der Waals surface area contributed by atoms with Gasteiger partial charge in [0, 0.05) is 37.5 Å². The van der Waals surface area contributed by atoms with Crippen molar-refractivity contribution >= 4 is 47.7 Å². The number of amides is 4. The molecule has 0 aromatic heterocycles. The van der Waals surface area contributed by atoms with E-state index in [2.05, 4.69) is 15.5 Å². The molecule has 0 radical (unpaired) electrons. The van der Waals surface area contributed by atoms with Gasteiger partial charge < -0.3 is 40.1 Å². The second-order valence-corrected chi connectivity index (χ2v) is 12.9. The second-order valence-electron chi connectivity index (χ2n) is 11.8. The van der Waals surface area contributed by atoms with E-state index in [0.29, 0.717) is 37.3 Å². The van der Waals surface area contributed by atoms with E-state index in [4.69, 9.17) is 19.4 Å². The van der Waals surface area contributed by atoms with Gasteiger partial charge in [0.2, 0.25) is 5.91 Å². The summed E-state index contributed by atoms with van der Waals surface area (Å²) in [7, 11) is 1.96. The highest BCUT2D eigenvalue weighted by Gasteiger charge is 2.54. The number of hydrogen-bond donors (Lipinski definition) is 4. The Balaban J connectivity index is 0.000000804. The van der Waals surface area contributed by atoms with Crippen LogP contribution in [0.3, 0.4) is 0 Å². The number of ether oxygens (including phenoxy) is 2. The molecule has 1 aromatic carbocycles. The van der Waals surface area contributed by atoms with Gasteiger partial charge in [-0.1, -0.05) is 30.3 Å². The first-order valence-corrected chi connectivity index (χ1v) is 15.5. The molecule has 0 spiro atoms. The molecule has 3 aliphatic rings. The maximum Gasteiger partial charge on any atom is 0.490 e. The first-order chi connectivity index (χ1) is 22.3. The number of fused-ring (bicyclic) bond motifs is 1. The molecule has 0 bridgehead atoms. The van der Waals surface area contributed by atoms with Gasteiger partial charge in [0.05, 0.1) is 0 Å². The van der Waals surface area contributed by atoms with Crippen molar-refractivity contribution in [2.75, 3.05) is 45.6 Å². The number of carboxylic acids is 2. The number of thioether (sulfide) groups is 1. The molecule has 0 aliphatic carbocycles. The Bertz CT molecular complexity index is 1430. The van der Waals surface area contributed by atoms with Crippen LogP contribution in [0.4, 0.5) is 22.8 Å². The molecule has 2 saturated heterocycles. The van der Waals surface area contributed by atoms with Gasteiger partial charge in [-0.25, -0.2) is 19.2 Å². The van der Waals surface area contributed by atoms with E-state index in [1.165, 1.54) is 11.8 Å². The van der Waals surface area contributed by atoms with Crippen molar-refractivity contribution in [1.29, 1.82) is 0 Å². The number of halogens is 3. The highest BCUT2D eigenvalue weighted by molar-refractivity contribution is 8.00. The summed E-state index contributed by atoms with van der Waals surface area (Å²) >= 11 is 1.26. The van der Waals surface area contributed by atoms with Crippen molar-refractivity contribution in [2.24, 2.45) is 0 Å². The van der Waals surface area contributed by atoms with Crippen LogP contribution < -0.4 is 10.6 Å². The number of hydrogen-bond acceptors (Lipinski definition) is 10. The molecular weight excluding hydrogens is 667 g/mol. The molecule has 3 heterocycles. The van der Waals surface area contributed by atoms with Gasteiger partial charge in [-0.2, -0.15) is 13.2 Å². The summed E-state index contributed by atoms with van der Waals surface area (Å²) in [5, 5.41) is 21.6. The van der Waals surface area contributed by atoms with E-state index >= 15 is 0 Å². The Kier molecular flexibility index (Phi) is 12.3. The van der Waals surface area contributed by atoms with Crippen molar-refractivity contribution in [3.63, 3.8) is 0 Å². The normalized spacial score (nSPS) is 20.3. The molecule has 264 valence electrons. The third kappa shape index (κ3) is 9.99. The summed E-state index contributed by atoms with van der Waals surface area (Å²) in [4.78, 5) is 77.3. The molecule has 1 unspecified atom stereocenters. The van der Waals surface area contributed by atoms with Crippen LogP contribution in [0.25, 0.3) is 0 Å². The Morgan fingerprint density at radius 1 is 1.02 bits per heavy atom. The molecule has 3 atom stereocenters. The van der Waals surface area contributed by atoms with Crippen molar-refractivity contribution in [2.45, 2.75) is 50.0 Å². The lowest BCUT2D eigenvalue weighted by atomic mass is 10.0. The SMILES string of the molecule is CN1CCN(C(=O)OCC2=C(C(=O)O)N3C(=O)C(NC(=O)[C@@H](NC(=O)OC(C)(C)C)c4ccccc4)[C@@H]3SC2)CC1.O=C(O)C(F)(F)F. The number of piperazine rings is 1. The van der Waals surface area contributed by atoms with Crippen LogP contribution in [-0.4, -0.2) is 130 Å². The average molecular weight is 704 g/mol. The Hall–Kier alpha value is -4.52. The number of carbonyl (C=O) groups excluding carboxylic acids is 4. The third-order valence-electron chi connectivity index (χ3n) is 6.98. The van der Waals surface area contributed by atoms with Crippen LogP contribution in [0.5, 0.6) is 0 Å². The molecular formula is C29H36F3N5O10S. The summed E-state index contributed by atoms with van der Waals surface area (Å²) < 4.78 is 42.4. The number of β-lactam (4-membered cyclic amide) rings is 1. The molecule has 2 fully saturated rings. The van der Waals surface area contributed by atoms with Gasteiger partial charge in [-0.05, 0) is 33.4 Å². The summed E-state index contributed by atoms with van der Waals surface area (Å²) in [6.07, 6.45) is -6.42. The number of alkyl carbamates (subject to hydrolysis) is 1. The van der Waals surface area contributed by atoms with Gasteiger partial charge in [0.15, 0.2) is 0 Å². The second kappa shape index (κ2) is 15.6. The quantitative estimate of drug-likeness (QED) is 0.302. The van der Waals surface area contributed by atoms with Crippen molar-refractivity contribution in [3.05, 3.63) is 47.2 Å². The van der Waals surface area contributed by atoms with Gasteiger partial charge >= 0.3 is 30.3 Å². The number of aliphatic carboxylic acids is 2. The predicted molar refractivity (Wildman–Crippen MR) is 162 cm³/mol. The van der Waals surface area contributed by atoms with E-state index in [1.54, 1.807) is 56.0 Å². The lowest BCUT2D eigenvalue weighted by Gasteiger charge is -2.49. The lowest BCUT2D eigenvalue weighted by molar-refractivity contribution is -0.192. The molecule has 19 heteroatoms. The minimum atomic E-state index is -5.08. The largest absolute Gasteiger partial charge is 0.490 e. The lowest BCUT2D eigenvalue weighted by Crippen LogP contribution is -2.71. The fourth-order valence-electron chi connectivity index (χ4n) is 4.63. The zero-order chi connectivity index (χ0) is 36.0. The highest BCUT2D eigenvalue weighted by atomic mass is 32.2. The van der Waals surface area contributed by atoms with Crippen LogP contribution in [-0.2, 0) is 28.7 Å². The number of benzene rings is 1. The smallest absolute Gasteiger partial charge is 0.477 e. The third-order valence-corrected chi connectivity index (χ3v) is 8.32. The fraction of sp³-hybridized carbons (Fsp3) is 0.517. The fourth-order valence-corrected chi connectivity index (χ4v) is 5.96. The van der Waals surface area contributed by atoms with Gasteiger partial charge in [-0.15, -0.1) is 11.8 Å². The average Bonchev–Trinajstić information content (AvgIpc) is 3.00. The molecule has 48 heavy (non-hydrogen) atoms. The van der Waals surface area contributed by atoms with Crippen LogP contribution >= 0.6 is 11.8 Å². The summed E-state index contributed by atoms with van der Waals surface area (Å²) in [6, 6.07) is 6.34. The summed E-state index contributed by atoms with van der Waals surface area (Å²) in [6.45, 7) is 7.27. The van der Waals surface area contributed by atoms with Gasteiger partial charge in [0.25, 0.3) is 5.91 Å².